The van der Waals surface area contributed by atoms with Crippen LogP contribution in [0.15, 0.2) is 12.3 Å². The van der Waals surface area contributed by atoms with Gasteiger partial charge in [-0.15, -0.1) is 0 Å². The lowest BCUT2D eigenvalue weighted by molar-refractivity contribution is -0.385. The highest BCUT2D eigenvalue weighted by atomic mass is 35.5. The maximum Gasteiger partial charge on any atom is 0.303 e. The minimum absolute atomic E-state index is 0.0471. The number of carboxylic acids is 1. The Balaban J connectivity index is 2.96. The topological polar surface area (TPSA) is 122 Å². The predicted molar refractivity (Wildman–Crippen MR) is 74.3 cm³/mol. The number of aromatic nitrogens is 1. The smallest absolute Gasteiger partial charge is 0.303 e. The molecule has 0 aliphatic heterocycles. The summed E-state index contributed by atoms with van der Waals surface area (Å²) in [6, 6.07) is 1.10. The molecule has 0 saturated carbocycles. The third-order valence-electron chi connectivity index (χ3n) is 2.71. The molecule has 1 amide bonds. The first kappa shape index (κ1) is 16.8. The number of hydrogen-bond donors (Lipinski definition) is 2. The number of amides is 1. The van der Waals surface area contributed by atoms with Crippen molar-refractivity contribution in [2.75, 3.05) is 0 Å². The van der Waals surface area contributed by atoms with Crippen LogP contribution in [-0.2, 0) is 4.79 Å². The number of rotatable bonds is 6. The van der Waals surface area contributed by atoms with Gasteiger partial charge >= 0.3 is 5.97 Å². The number of carbonyl (C=O) groups is 2. The minimum Gasteiger partial charge on any atom is -0.481 e. The van der Waals surface area contributed by atoms with E-state index in [-0.39, 0.29) is 23.6 Å². The SMILES string of the molecule is CC(C)(CCC(=O)O)NC(=O)c1cc(Cl)ncc1[N+](=O)[O-]. The minimum atomic E-state index is -0.990. The zero-order chi connectivity index (χ0) is 16.2. The molecule has 0 aliphatic rings. The summed E-state index contributed by atoms with van der Waals surface area (Å²) in [6.45, 7) is 3.25. The first-order chi connectivity index (χ1) is 9.62. The highest BCUT2D eigenvalue weighted by Crippen LogP contribution is 2.22. The Morgan fingerprint density at radius 1 is 1.52 bits per heavy atom. The molecule has 0 saturated heterocycles. The quantitative estimate of drug-likeness (QED) is 0.470. The first-order valence-corrected chi connectivity index (χ1v) is 6.34. The number of pyridine rings is 1. The van der Waals surface area contributed by atoms with Crippen molar-refractivity contribution in [1.82, 2.24) is 10.3 Å². The lowest BCUT2D eigenvalue weighted by Gasteiger charge is -2.25. The number of nitrogens with zero attached hydrogens (tertiary/aromatic N) is 2. The second-order valence-corrected chi connectivity index (χ2v) is 5.40. The van der Waals surface area contributed by atoms with Crippen LogP contribution in [0.5, 0.6) is 0 Å². The van der Waals surface area contributed by atoms with Gasteiger partial charge in [-0.05, 0) is 26.3 Å². The lowest BCUT2D eigenvalue weighted by Crippen LogP contribution is -2.43. The zero-order valence-corrected chi connectivity index (χ0v) is 12.2. The number of nitrogens with one attached hydrogen (secondary N) is 1. The van der Waals surface area contributed by atoms with Gasteiger partial charge in [-0.2, -0.15) is 0 Å². The summed E-state index contributed by atoms with van der Waals surface area (Å²) < 4.78 is 0. The van der Waals surface area contributed by atoms with Crippen LogP contribution in [0.4, 0.5) is 5.69 Å². The fourth-order valence-electron chi connectivity index (χ4n) is 1.61. The normalized spacial score (nSPS) is 11.0. The van der Waals surface area contributed by atoms with Crippen LogP contribution in [0.3, 0.4) is 0 Å². The monoisotopic (exact) mass is 315 g/mol. The second kappa shape index (κ2) is 6.49. The molecule has 8 nitrogen and oxygen atoms in total. The Bertz CT molecular complexity index is 588. The van der Waals surface area contributed by atoms with Crippen molar-refractivity contribution in [3.63, 3.8) is 0 Å². The van der Waals surface area contributed by atoms with E-state index in [0.29, 0.717) is 0 Å². The van der Waals surface area contributed by atoms with Crippen LogP contribution in [0.2, 0.25) is 5.15 Å². The number of carboxylic acid groups (broad SMARTS) is 1. The van der Waals surface area contributed by atoms with E-state index in [4.69, 9.17) is 16.7 Å². The van der Waals surface area contributed by atoms with Crippen LogP contribution < -0.4 is 5.32 Å². The summed E-state index contributed by atoms with van der Waals surface area (Å²) in [5, 5.41) is 22.0. The van der Waals surface area contributed by atoms with E-state index in [2.05, 4.69) is 10.3 Å². The van der Waals surface area contributed by atoms with Crippen molar-refractivity contribution < 1.29 is 19.6 Å². The largest absolute Gasteiger partial charge is 0.481 e. The molecule has 1 rings (SSSR count). The van der Waals surface area contributed by atoms with E-state index in [9.17, 15) is 19.7 Å². The number of carbonyl (C=O) groups excluding carboxylic acids is 1. The molecule has 1 heterocycles. The van der Waals surface area contributed by atoms with Crippen LogP contribution in [0, 0.1) is 10.1 Å². The molecular weight excluding hydrogens is 302 g/mol. The molecule has 114 valence electrons. The number of nitro groups is 1. The molecule has 1 aromatic rings. The van der Waals surface area contributed by atoms with Gasteiger partial charge in [0.25, 0.3) is 11.6 Å². The Labute approximate surface area is 125 Å². The van der Waals surface area contributed by atoms with Gasteiger partial charge in [-0.1, -0.05) is 11.6 Å². The van der Waals surface area contributed by atoms with E-state index in [1.807, 2.05) is 0 Å². The van der Waals surface area contributed by atoms with E-state index < -0.39 is 28.0 Å². The van der Waals surface area contributed by atoms with E-state index in [1.165, 1.54) is 0 Å². The third-order valence-corrected chi connectivity index (χ3v) is 2.91. The van der Waals surface area contributed by atoms with Crippen LogP contribution >= 0.6 is 11.6 Å². The molecule has 21 heavy (non-hydrogen) atoms. The van der Waals surface area contributed by atoms with Crippen LogP contribution in [0.25, 0.3) is 0 Å². The molecule has 0 atom stereocenters. The molecular formula is C12H14ClN3O5. The van der Waals surface area contributed by atoms with E-state index in [0.717, 1.165) is 12.3 Å². The van der Waals surface area contributed by atoms with Crippen molar-refractivity contribution in [1.29, 1.82) is 0 Å². The Morgan fingerprint density at radius 3 is 2.67 bits per heavy atom. The summed E-state index contributed by atoms with van der Waals surface area (Å²) in [5.74, 6) is -1.70. The highest BCUT2D eigenvalue weighted by molar-refractivity contribution is 6.29. The Morgan fingerprint density at radius 2 is 2.14 bits per heavy atom. The van der Waals surface area contributed by atoms with Gasteiger partial charge in [0.2, 0.25) is 0 Å². The van der Waals surface area contributed by atoms with Crippen molar-refractivity contribution in [3.8, 4) is 0 Å². The molecule has 9 heteroatoms. The average Bonchev–Trinajstić information content (AvgIpc) is 2.35. The number of halogens is 1. The standard InChI is InChI=1S/C12H14ClN3O5/c1-12(2,4-3-10(17)18)15-11(19)7-5-9(13)14-6-8(7)16(20)21/h5-6H,3-4H2,1-2H3,(H,15,19)(H,17,18). The van der Waals surface area contributed by atoms with Crippen molar-refractivity contribution in [3.05, 3.63) is 33.1 Å². The average molecular weight is 316 g/mol. The fourth-order valence-corrected chi connectivity index (χ4v) is 1.76. The summed E-state index contributed by atoms with van der Waals surface area (Å²) >= 11 is 5.65. The van der Waals surface area contributed by atoms with E-state index >= 15 is 0 Å². The number of aliphatic carboxylic acids is 1. The lowest BCUT2D eigenvalue weighted by atomic mass is 9.97. The van der Waals surface area contributed by atoms with Gasteiger partial charge in [0.1, 0.15) is 16.9 Å². The van der Waals surface area contributed by atoms with Gasteiger partial charge in [-0.3, -0.25) is 19.7 Å². The summed E-state index contributed by atoms with van der Waals surface area (Å²) in [5.41, 5.74) is -1.52. The second-order valence-electron chi connectivity index (χ2n) is 5.01. The predicted octanol–water partition coefficient (Wildman–Crippen LogP) is 2.02. The zero-order valence-electron chi connectivity index (χ0n) is 11.4. The molecule has 0 bridgehead atoms. The summed E-state index contributed by atoms with van der Waals surface area (Å²) in [7, 11) is 0. The van der Waals surface area contributed by atoms with Gasteiger partial charge in [0.05, 0.1) is 4.92 Å². The number of hydrogen-bond acceptors (Lipinski definition) is 5. The molecule has 1 aromatic heterocycles. The maximum atomic E-state index is 12.1. The van der Waals surface area contributed by atoms with Crippen LogP contribution in [-0.4, -0.2) is 32.4 Å². The summed E-state index contributed by atoms with van der Waals surface area (Å²) in [6.07, 6.45) is 0.953. The summed E-state index contributed by atoms with van der Waals surface area (Å²) in [4.78, 5) is 36.4. The maximum absolute atomic E-state index is 12.1. The van der Waals surface area contributed by atoms with Crippen LogP contribution in [0.1, 0.15) is 37.0 Å². The molecule has 0 spiro atoms. The van der Waals surface area contributed by atoms with Crippen molar-refractivity contribution >= 4 is 29.2 Å². The Kier molecular flexibility index (Phi) is 5.20. The van der Waals surface area contributed by atoms with Crippen molar-refractivity contribution in [2.24, 2.45) is 0 Å². The van der Waals surface area contributed by atoms with Gasteiger partial charge in [0.15, 0.2) is 0 Å². The third kappa shape index (κ3) is 4.99. The molecule has 0 aliphatic carbocycles. The molecule has 0 unspecified atom stereocenters. The first-order valence-electron chi connectivity index (χ1n) is 5.96. The van der Waals surface area contributed by atoms with Gasteiger partial charge < -0.3 is 10.4 Å². The highest BCUT2D eigenvalue weighted by Gasteiger charge is 2.27. The fraction of sp³-hybridized carbons (Fsp3) is 0.417. The Hall–Kier alpha value is -2.22. The molecule has 2 N–H and O–H groups in total. The molecule has 0 aromatic carbocycles. The molecule has 0 fully saturated rings. The van der Waals surface area contributed by atoms with Gasteiger partial charge in [-0.25, -0.2) is 4.98 Å². The van der Waals surface area contributed by atoms with E-state index in [1.54, 1.807) is 13.8 Å². The van der Waals surface area contributed by atoms with Gasteiger partial charge in [0, 0.05) is 12.0 Å². The van der Waals surface area contributed by atoms with Crippen molar-refractivity contribution in [2.45, 2.75) is 32.2 Å². The molecule has 0 radical (unpaired) electrons.